The predicted octanol–water partition coefficient (Wildman–Crippen LogP) is 3.95. The third kappa shape index (κ3) is 4.46. The lowest BCUT2D eigenvalue weighted by Crippen LogP contribution is -2.06. The van der Waals surface area contributed by atoms with Crippen LogP contribution in [0.2, 0.25) is 0 Å². The number of nitrogens with zero attached hydrogens (tertiary/aromatic N) is 1. The Balaban J connectivity index is 2.16. The molecule has 2 aromatic carbocycles. The minimum Gasteiger partial charge on any atom is -0.494 e. The molecule has 0 saturated carbocycles. The van der Waals surface area contributed by atoms with Gasteiger partial charge in [0.15, 0.2) is 5.75 Å². The summed E-state index contributed by atoms with van der Waals surface area (Å²) in [6.07, 6.45) is 5.01. The maximum atomic E-state index is 13.2. The molecule has 6 nitrogen and oxygen atoms in total. The fraction of sp³-hybridized carbons (Fsp3) is 0.174. The fourth-order valence-electron chi connectivity index (χ4n) is 3.10. The lowest BCUT2D eigenvalue weighted by atomic mass is 9.99. The van der Waals surface area contributed by atoms with Crippen LogP contribution in [0.4, 0.5) is 4.39 Å². The fourth-order valence-corrected chi connectivity index (χ4v) is 3.10. The molecule has 3 aromatic rings. The number of ether oxygens (including phenoxy) is 3. The molecule has 0 aliphatic rings. The van der Waals surface area contributed by atoms with Crippen LogP contribution in [0.15, 0.2) is 48.7 Å². The molecule has 1 aromatic heterocycles. The second kappa shape index (κ2) is 9.17. The van der Waals surface area contributed by atoms with Gasteiger partial charge in [-0.05, 0) is 53.5 Å². The van der Waals surface area contributed by atoms with Gasteiger partial charge in [-0.25, -0.2) is 14.0 Å². The first kappa shape index (κ1) is 21.0. The zero-order valence-electron chi connectivity index (χ0n) is 16.8. The van der Waals surface area contributed by atoms with E-state index in [0.29, 0.717) is 22.9 Å². The highest BCUT2D eigenvalue weighted by Crippen LogP contribution is 2.33. The quantitative estimate of drug-likeness (QED) is 0.453. The molecule has 0 N–H and O–H groups in total. The van der Waals surface area contributed by atoms with E-state index < -0.39 is 11.9 Å². The van der Waals surface area contributed by atoms with Crippen LogP contribution in [0.1, 0.15) is 27.0 Å². The van der Waals surface area contributed by atoms with Gasteiger partial charge in [0.25, 0.3) is 0 Å². The molecule has 0 radical (unpaired) electrons. The van der Waals surface area contributed by atoms with Crippen molar-refractivity contribution < 1.29 is 28.2 Å². The van der Waals surface area contributed by atoms with Crippen molar-refractivity contribution in [1.82, 2.24) is 4.98 Å². The third-order valence-electron chi connectivity index (χ3n) is 4.55. The maximum Gasteiger partial charge on any atom is 0.341 e. The molecular formula is C23H20FNO5. The average Bonchev–Trinajstić information content (AvgIpc) is 2.77. The normalized spacial score (nSPS) is 10.9. The number of hydrogen-bond donors (Lipinski definition) is 0. The number of rotatable bonds is 6. The largest absolute Gasteiger partial charge is 0.494 e. The predicted molar refractivity (Wildman–Crippen MR) is 110 cm³/mol. The number of hydrogen-bond acceptors (Lipinski definition) is 6. The number of methoxy groups -OCH3 is 3. The van der Waals surface area contributed by atoms with Gasteiger partial charge in [0.1, 0.15) is 16.9 Å². The lowest BCUT2D eigenvalue weighted by molar-refractivity contribution is -0.134. The molecule has 0 atom stereocenters. The number of halogens is 1. The number of benzene rings is 2. The van der Waals surface area contributed by atoms with Crippen molar-refractivity contribution in [3.63, 3.8) is 0 Å². The van der Waals surface area contributed by atoms with Gasteiger partial charge in [0.2, 0.25) is 0 Å². The summed E-state index contributed by atoms with van der Waals surface area (Å²) < 4.78 is 28.1. The molecule has 0 spiro atoms. The molecule has 1 heterocycles. The Labute approximate surface area is 172 Å². The highest BCUT2D eigenvalue weighted by molar-refractivity contribution is 6.04. The summed E-state index contributed by atoms with van der Waals surface area (Å²) in [4.78, 5) is 28.3. The Kier molecular flexibility index (Phi) is 6.41. The summed E-state index contributed by atoms with van der Waals surface area (Å²) in [6.45, 7) is 0. The van der Waals surface area contributed by atoms with Crippen molar-refractivity contribution in [1.29, 1.82) is 0 Å². The number of esters is 2. The molecule has 0 bridgehead atoms. The van der Waals surface area contributed by atoms with Gasteiger partial charge in [0.05, 0.1) is 21.3 Å². The van der Waals surface area contributed by atoms with E-state index in [1.807, 2.05) is 6.07 Å². The molecule has 0 amide bonds. The van der Waals surface area contributed by atoms with Crippen LogP contribution in [0.25, 0.3) is 17.0 Å². The second-order valence-corrected chi connectivity index (χ2v) is 6.44. The van der Waals surface area contributed by atoms with E-state index in [4.69, 9.17) is 9.47 Å². The molecule has 3 rings (SSSR count). The topological polar surface area (TPSA) is 74.7 Å². The van der Waals surface area contributed by atoms with E-state index in [1.165, 1.54) is 39.5 Å². The highest BCUT2D eigenvalue weighted by atomic mass is 19.1. The standard InChI is InChI=1S/C23H20FNO5/c1-28-20(26)9-6-16-12-19(23(27)30-3)22(29-2)21-18(16)11-15(13-25-21)10-14-4-7-17(24)8-5-14/h4-9,11-13H,10H2,1-3H3/b9-6+. The third-order valence-corrected chi connectivity index (χ3v) is 4.55. The summed E-state index contributed by atoms with van der Waals surface area (Å²) >= 11 is 0. The van der Waals surface area contributed by atoms with Crippen molar-refractivity contribution in [2.45, 2.75) is 6.42 Å². The van der Waals surface area contributed by atoms with E-state index in [2.05, 4.69) is 9.72 Å². The Hall–Kier alpha value is -3.74. The maximum absolute atomic E-state index is 13.2. The minimum absolute atomic E-state index is 0.191. The first-order chi connectivity index (χ1) is 14.5. The van der Waals surface area contributed by atoms with Crippen LogP contribution in [0, 0.1) is 5.82 Å². The van der Waals surface area contributed by atoms with Gasteiger partial charge in [-0.2, -0.15) is 0 Å². The van der Waals surface area contributed by atoms with Gasteiger partial charge < -0.3 is 14.2 Å². The Morgan fingerprint density at radius 3 is 2.40 bits per heavy atom. The van der Waals surface area contributed by atoms with Crippen molar-refractivity contribution in [2.24, 2.45) is 0 Å². The summed E-state index contributed by atoms with van der Waals surface area (Å²) in [5.41, 5.74) is 3.01. The molecule has 0 unspecified atom stereocenters. The molecule has 0 saturated heterocycles. The summed E-state index contributed by atoms with van der Waals surface area (Å²) in [5.74, 6) is -1.14. The zero-order valence-corrected chi connectivity index (χ0v) is 16.8. The van der Waals surface area contributed by atoms with Crippen LogP contribution in [0.3, 0.4) is 0 Å². The molecule has 0 aliphatic carbocycles. The number of aromatic nitrogens is 1. The first-order valence-electron chi connectivity index (χ1n) is 9.05. The average molecular weight is 409 g/mol. The summed E-state index contributed by atoms with van der Waals surface area (Å²) in [6, 6.07) is 9.69. The monoisotopic (exact) mass is 409 g/mol. The smallest absolute Gasteiger partial charge is 0.341 e. The molecule has 7 heteroatoms. The highest BCUT2D eigenvalue weighted by Gasteiger charge is 2.20. The Morgan fingerprint density at radius 1 is 1.03 bits per heavy atom. The van der Waals surface area contributed by atoms with E-state index in [9.17, 15) is 14.0 Å². The van der Waals surface area contributed by atoms with Crippen LogP contribution < -0.4 is 4.74 Å². The lowest BCUT2D eigenvalue weighted by Gasteiger charge is -2.13. The Morgan fingerprint density at radius 2 is 1.77 bits per heavy atom. The Bertz CT molecular complexity index is 1120. The van der Waals surface area contributed by atoms with Crippen molar-refractivity contribution in [3.05, 3.63) is 76.7 Å². The number of fused-ring (bicyclic) bond motifs is 1. The molecule has 154 valence electrons. The number of pyridine rings is 1. The van der Waals surface area contributed by atoms with Crippen molar-refractivity contribution in [2.75, 3.05) is 21.3 Å². The van der Waals surface area contributed by atoms with Gasteiger partial charge in [0, 0.05) is 17.7 Å². The van der Waals surface area contributed by atoms with Crippen molar-refractivity contribution in [3.8, 4) is 5.75 Å². The van der Waals surface area contributed by atoms with Gasteiger partial charge in [-0.3, -0.25) is 4.98 Å². The SMILES string of the molecule is COC(=O)/C=C/c1cc(C(=O)OC)c(OC)c2ncc(Cc3ccc(F)cc3)cc12. The van der Waals surface area contributed by atoms with E-state index in [0.717, 1.165) is 11.1 Å². The molecule has 30 heavy (non-hydrogen) atoms. The molecule has 0 aliphatic heterocycles. The van der Waals surface area contributed by atoms with E-state index in [1.54, 1.807) is 30.5 Å². The van der Waals surface area contributed by atoms with Crippen LogP contribution in [-0.4, -0.2) is 38.3 Å². The van der Waals surface area contributed by atoms with Crippen LogP contribution in [-0.2, 0) is 20.7 Å². The number of carbonyl (C=O) groups excluding carboxylic acids is 2. The minimum atomic E-state index is -0.585. The van der Waals surface area contributed by atoms with Gasteiger partial charge in [-0.1, -0.05) is 12.1 Å². The summed E-state index contributed by atoms with van der Waals surface area (Å²) in [5, 5.41) is 0.680. The van der Waals surface area contributed by atoms with Crippen LogP contribution >= 0.6 is 0 Å². The molecule has 0 fully saturated rings. The van der Waals surface area contributed by atoms with E-state index in [-0.39, 0.29) is 17.1 Å². The second-order valence-electron chi connectivity index (χ2n) is 6.44. The first-order valence-corrected chi connectivity index (χ1v) is 9.05. The van der Waals surface area contributed by atoms with Gasteiger partial charge >= 0.3 is 11.9 Å². The van der Waals surface area contributed by atoms with Crippen LogP contribution in [0.5, 0.6) is 5.75 Å². The zero-order chi connectivity index (χ0) is 21.7. The van der Waals surface area contributed by atoms with E-state index >= 15 is 0 Å². The molecular weight excluding hydrogens is 389 g/mol. The van der Waals surface area contributed by atoms with Gasteiger partial charge in [-0.15, -0.1) is 0 Å². The number of carbonyl (C=O) groups is 2. The van der Waals surface area contributed by atoms with Crippen molar-refractivity contribution >= 4 is 28.9 Å². The summed E-state index contributed by atoms with van der Waals surface area (Å²) in [7, 11) is 4.00.